The second kappa shape index (κ2) is 7.65. The van der Waals surface area contributed by atoms with Crippen LogP contribution in [0.5, 0.6) is 0 Å². The van der Waals surface area contributed by atoms with Gasteiger partial charge in [-0.15, -0.1) is 0 Å². The minimum absolute atomic E-state index is 0.0950. The first kappa shape index (κ1) is 17.4. The molecule has 0 spiro atoms. The lowest BCUT2D eigenvalue weighted by atomic mass is 10.1. The van der Waals surface area contributed by atoms with Crippen molar-refractivity contribution in [3.05, 3.63) is 77.7 Å². The number of carbonyl (C=O) groups is 2. The molecule has 0 aliphatic carbocycles. The smallest absolute Gasteiger partial charge is 0.294 e. The summed E-state index contributed by atoms with van der Waals surface area (Å²) in [5.74, 6) is -0.338. The van der Waals surface area contributed by atoms with Gasteiger partial charge in [0.2, 0.25) is 5.76 Å². The van der Waals surface area contributed by atoms with Crippen LogP contribution in [-0.4, -0.2) is 23.5 Å². The summed E-state index contributed by atoms with van der Waals surface area (Å²) in [6, 6.07) is 17.8. The van der Waals surface area contributed by atoms with Crippen LogP contribution in [-0.2, 0) is 0 Å². The quantitative estimate of drug-likeness (QED) is 0.758. The van der Waals surface area contributed by atoms with E-state index in [9.17, 15) is 9.59 Å². The number of hydrogen-bond donors (Lipinski definition) is 1. The molecule has 2 amide bonds. The predicted molar refractivity (Wildman–Crippen MR) is 99.4 cm³/mol. The second-order valence-electron chi connectivity index (χ2n) is 5.75. The Kier molecular flexibility index (Phi) is 5.12. The topological polar surface area (TPSA) is 75.4 Å². The van der Waals surface area contributed by atoms with Crippen LogP contribution in [0.1, 0.15) is 33.5 Å². The lowest BCUT2D eigenvalue weighted by Gasteiger charge is -2.21. The van der Waals surface area contributed by atoms with Gasteiger partial charge in [-0.25, -0.2) is 0 Å². The summed E-state index contributed by atoms with van der Waals surface area (Å²) in [5, 5.41) is 6.40. The van der Waals surface area contributed by atoms with Gasteiger partial charge in [0.15, 0.2) is 0 Å². The van der Waals surface area contributed by atoms with Gasteiger partial charge in [0, 0.05) is 29.5 Å². The summed E-state index contributed by atoms with van der Waals surface area (Å²) in [6.45, 7) is 4.23. The number of nitrogens with one attached hydrogen (secondary N) is 1. The Hall–Kier alpha value is -3.41. The Bertz CT molecular complexity index is 902. The molecule has 0 aliphatic heterocycles. The SMILES string of the molecule is CCN(C(=O)c1ccc(NC(=O)c2cc(C)no2)cc1)c1ccccc1. The number of amides is 2. The van der Waals surface area contributed by atoms with Crippen LogP contribution >= 0.6 is 0 Å². The van der Waals surface area contributed by atoms with Gasteiger partial charge in [0.05, 0.1) is 5.69 Å². The number of carbonyl (C=O) groups excluding carboxylic acids is 2. The van der Waals surface area contributed by atoms with Crippen molar-refractivity contribution in [3.8, 4) is 0 Å². The van der Waals surface area contributed by atoms with Crippen LogP contribution in [0.25, 0.3) is 0 Å². The fourth-order valence-corrected chi connectivity index (χ4v) is 2.57. The van der Waals surface area contributed by atoms with E-state index in [2.05, 4.69) is 10.5 Å². The first-order valence-electron chi connectivity index (χ1n) is 8.30. The third-order valence-electron chi connectivity index (χ3n) is 3.87. The molecule has 0 atom stereocenters. The number of aromatic nitrogens is 1. The molecule has 1 heterocycles. The molecule has 2 aromatic carbocycles. The van der Waals surface area contributed by atoms with Gasteiger partial charge in [0.25, 0.3) is 11.8 Å². The molecule has 0 radical (unpaired) electrons. The lowest BCUT2D eigenvalue weighted by Crippen LogP contribution is -2.30. The first-order chi connectivity index (χ1) is 12.6. The van der Waals surface area contributed by atoms with E-state index in [1.165, 1.54) is 0 Å². The summed E-state index contributed by atoms with van der Waals surface area (Å²) in [4.78, 5) is 26.5. The zero-order valence-corrected chi connectivity index (χ0v) is 14.6. The second-order valence-corrected chi connectivity index (χ2v) is 5.75. The van der Waals surface area contributed by atoms with Gasteiger partial charge < -0.3 is 14.7 Å². The van der Waals surface area contributed by atoms with Crippen molar-refractivity contribution in [1.29, 1.82) is 0 Å². The number of hydrogen-bond acceptors (Lipinski definition) is 4. The van der Waals surface area contributed by atoms with Crippen LogP contribution in [0.3, 0.4) is 0 Å². The number of para-hydroxylation sites is 1. The lowest BCUT2D eigenvalue weighted by molar-refractivity contribution is 0.0981. The molecule has 1 N–H and O–H groups in total. The zero-order chi connectivity index (χ0) is 18.5. The van der Waals surface area contributed by atoms with Gasteiger partial charge >= 0.3 is 0 Å². The zero-order valence-electron chi connectivity index (χ0n) is 14.6. The summed E-state index contributed by atoms with van der Waals surface area (Å²) in [5.41, 5.74) is 2.60. The van der Waals surface area contributed by atoms with E-state index in [1.54, 1.807) is 42.2 Å². The largest absolute Gasteiger partial charge is 0.351 e. The molecule has 0 saturated carbocycles. The van der Waals surface area contributed by atoms with Crippen LogP contribution < -0.4 is 10.2 Å². The minimum Gasteiger partial charge on any atom is -0.351 e. The molecule has 0 bridgehead atoms. The highest BCUT2D eigenvalue weighted by atomic mass is 16.5. The van der Waals surface area contributed by atoms with Crippen molar-refractivity contribution >= 4 is 23.2 Å². The van der Waals surface area contributed by atoms with E-state index in [4.69, 9.17) is 4.52 Å². The number of rotatable bonds is 5. The highest BCUT2D eigenvalue weighted by Crippen LogP contribution is 2.18. The first-order valence-corrected chi connectivity index (χ1v) is 8.30. The van der Waals surface area contributed by atoms with Gasteiger partial charge in [-0.05, 0) is 50.2 Å². The molecule has 0 aliphatic rings. The normalized spacial score (nSPS) is 10.4. The van der Waals surface area contributed by atoms with E-state index >= 15 is 0 Å². The number of nitrogens with zero attached hydrogens (tertiary/aromatic N) is 2. The predicted octanol–water partition coefficient (Wildman–Crippen LogP) is 3.90. The Morgan fingerprint density at radius 2 is 1.77 bits per heavy atom. The third kappa shape index (κ3) is 3.80. The van der Waals surface area contributed by atoms with Gasteiger partial charge in [-0.1, -0.05) is 23.4 Å². The summed E-state index contributed by atoms with van der Waals surface area (Å²) < 4.78 is 4.93. The van der Waals surface area contributed by atoms with E-state index in [0.29, 0.717) is 23.5 Å². The third-order valence-corrected chi connectivity index (χ3v) is 3.87. The maximum absolute atomic E-state index is 12.7. The molecule has 132 valence electrons. The molecule has 3 aromatic rings. The van der Waals surface area contributed by atoms with E-state index < -0.39 is 0 Å². The summed E-state index contributed by atoms with van der Waals surface area (Å²) in [6.07, 6.45) is 0. The van der Waals surface area contributed by atoms with Crippen molar-refractivity contribution in [2.75, 3.05) is 16.8 Å². The molecule has 3 rings (SSSR count). The van der Waals surface area contributed by atoms with Crippen molar-refractivity contribution in [3.63, 3.8) is 0 Å². The molecule has 6 heteroatoms. The fraction of sp³-hybridized carbons (Fsp3) is 0.150. The molecule has 0 saturated heterocycles. The minimum atomic E-state index is -0.385. The molecular weight excluding hydrogens is 330 g/mol. The van der Waals surface area contributed by atoms with Crippen LogP contribution in [0.15, 0.2) is 65.2 Å². The molecule has 0 unspecified atom stereocenters. The Balaban J connectivity index is 1.72. The molecule has 1 aromatic heterocycles. The molecule has 0 fully saturated rings. The Morgan fingerprint density at radius 1 is 1.08 bits per heavy atom. The van der Waals surface area contributed by atoms with Crippen molar-refractivity contribution in [1.82, 2.24) is 5.16 Å². The summed E-state index contributed by atoms with van der Waals surface area (Å²) >= 11 is 0. The fourth-order valence-electron chi connectivity index (χ4n) is 2.57. The average Bonchev–Trinajstić information content (AvgIpc) is 3.10. The molecule has 26 heavy (non-hydrogen) atoms. The van der Waals surface area contributed by atoms with E-state index in [1.807, 2.05) is 37.3 Å². The molecular formula is C20H19N3O3. The van der Waals surface area contributed by atoms with E-state index in [-0.39, 0.29) is 17.6 Å². The Morgan fingerprint density at radius 3 is 2.35 bits per heavy atom. The number of aryl methyl sites for hydroxylation is 1. The van der Waals surface area contributed by atoms with Crippen LogP contribution in [0.4, 0.5) is 11.4 Å². The number of anilines is 2. The average molecular weight is 349 g/mol. The monoisotopic (exact) mass is 349 g/mol. The maximum atomic E-state index is 12.7. The van der Waals surface area contributed by atoms with Crippen molar-refractivity contribution in [2.45, 2.75) is 13.8 Å². The van der Waals surface area contributed by atoms with Crippen molar-refractivity contribution in [2.24, 2.45) is 0 Å². The van der Waals surface area contributed by atoms with E-state index in [0.717, 1.165) is 5.69 Å². The maximum Gasteiger partial charge on any atom is 0.294 e. The highest BCUT2D eigenvalue weighted by molar-refractivity contribution is 6.07. The van der Waals surface area contributed by atoms with Crippen LogP contribution in [0.2, 0.25) is 0 Å². The standard InChI is InChI=1S/C20H19N3O3/c1-3-23(17-7-5-4-6-8-17)20(25)15-9-11-16(12-10-15)21-19(24)18-13-14(2)22-26-18/h4-13H,3H2,1-2H3,(H,21,24). The van der Waals surface area contributed by atoms with Gasteiger partial charge in [-0.2, -0.15) is 0 Å². The Labute approximate surface area is 151 Å². The van der Waals surface area contributed by atoms with Gasteiger partial charge in [0.1, 0.15) is 0 Å². The number of benzene rings is 2. The van der Waals surface area contributed by atoms with Gasteiger partial charge in [-0.3, -0.25) is 9.59 Å². The van der Waals surface area contributed by atoms with Crippen LogP contribution in [0, 0.1) is 6.92 Å². The highest BCUT2D eigenvalue weighted by Gasteiger charge is 2.16. The molecule has 6 nitrogen and oxygen atoms in total. The van der Waals surface area contributed by atoms with Crippen molar-refractivity contribution < 1.29 is 14.1 Å². The summed E-state index contributed by atoms with van der Waals surface area (Å²) in [7, 11) is 0.